The van der Waals surface area contributed by atoms with E-state index in [2.05, 4.69) is 0 Å². The van der Waals surface area contributed by atoms with Crippen molar-refractivity contribution in [1.82, 2.24) is 0 Å². The van der Waals surface area contributed by atoms with E-state index in [-0.39, 0.29) is 5.75 Å². The molecule has 0 saturated carbocycles. The van der Waals surface area contributed by atoms with Crippen molar-refractivity contribution in [2.45, 2.75) is 0 Å². The van der Waals surface area contributed by atoms with Gasteiger partial charge in [0.25, 0.3) is 0 Å². The predicted octanol–water partition coefficient (Wildman–Crippen LogP) is 2.37. The monoisotopic (exact) mass is 202 g/mol. The Bertz CT molecular complexity index is 518. The molecule has 0 aromatic heterocycles. The fraction of sp³-hybridized carbons (Fsp3) is 0.0833. The fourth-order valence-corrected chi connectivity index (χ4v) is 1.57. The minimum atomic E-state index is 0.148. The van der Waals surface area contributed by atoms with Gasteiger partial charge in [0.2, 0.25) is 0 Å². The van der Waals surface area contributed by atoms with Crippen LogP contribution in [0.25, 0.3) is 10.8 Å². The van der Waals surface area contributed by atoms with Crippen molar-refractivity contribution in [3.63, 3.8) is 0 Å². The molecule has 2 aromatic rings. The largest absolute Gasteiger partial charge is 0.507 e. The van der Waals surface area contributed by atoms with E-state index in [1.54, 1.807) is 31.4 Å². The lowest BCUT2D eigenvalue weighted by molar-refractivity contribution is 0.112. The minimum absolute atomic E-state index is 0.148. The summed E-state index contributed by atoms with van der Waals surface area (Å²) in [6, 6.07) is 8.33. The van der Waals surface area contributed by atoms with Crippen molar-refractivity contribution in [2.75, 3.05) is 7.11 Å². The molecule has 15 heavy (non-hydrogen) atoms. The van der Waals surface area contributed by atoms with Crippen LogP contribution in [0.2, 0.25) is 0 Å². The molecule has 2 rings (SSSR count). The lowest BCUT2D eigenvalue weighted by Crippen LogP contribution is -1.86. The standard InChI is InChI=1S/C12H10O3/c1-15-9-3-4-10-8(7-13)2-5-12(14)11(10)6-9/h2-7,14H,1H3. The van der Waals surface area contributed by atoms with Crippen molar-refractivity contribution in [3.8, 4) is 11.5 Å². The van der Waals surface area contributed by atoms with Gasteiger partial charge in [0.05, 0.1) is 7.11 Å². The number of methoxy groups -OCH3 is 1. The Kier molecular flexibility index (Phi) is 2.29. The van der Waals surface area contributed by atoms with Gasteiger partial charge < -0.3 is 9.84 Å². The molecule has 3 heteroatoms. The molecule has 0 aliphatic carbocycles. The first-order chi connectivity index (χ1) is 7.26. The summed E-state index contributed by atoms with van der Waals surface area (Å²) in [5.74, 6) is 0.801. The minimum Gasteiger partial charge on any atom is -0.507 e. The number of hydrogen-bond acceptors (Lipinski definition) is 3. The molecular weight excluding hydrogens is 192 g/mol. The molecule has 0 aliphatic rings. The molecule has 0 spiro atoms. The number of carbonyl (C=O) groups excluding carboxylic acids is 1. The van der Waals surface area contributed by atoms with Gasteiger partial charge in [-0.05, 0) is 35.7 Å². The van der Waals surface area contributed by atoms with Crippen LogP contribution in [0.3, 0.4) is 0 Å². The number of rotatable bonds is 2. The lowest BCUT2D eigenvalue weighted by atomic mass is 10.0. The third-order valence-electron chi connectivity index (χ3n) is 2.36. The number of fused-ring (bicyclic) bond motifs is 1. The Hall–Kier alpha value is -2.03. The maximum Gasteiger partial charge on any atom is 0.150 e. The van der Waals surface area contributed by atoms with Crippen molar-refractivity contribution >= 4 is 17.1 Å². The topological polar surface area (TPSA) is 46.5 Å². The summed E-state index contributed by atoms with van der Waals surface area (Å²) >= 11 is 0. The van der Waals surface area contributed by atoms with Crippen LogP contribution in [-0.4, -0.2) is 18.5 Å². The molecule has 2 aromatic carbocycles. The van der Waals surface area contributed by atoms with Crippen LogP contribution >= 0.6 is 0 Å². The summed E-state index contributed by atoms with van der Waals surface area (Å²) < 4.78 is 5.05. The molecule has 0 fully saturated rings. The van der Waals surface area contributed by atoms with Gasteiger partial charge in [0, 0.05) is 10.9 Å². The van der Waals surface area contributed by atoms with E-state index in [1.165, 1.54) is 6.07 Å². The highest BCUT2D eigenvalue weighted by atomic mass is 16.5. The van der Waals surface area contributed by atoms with Crippen molar-refractivity contribution < 1.29 is 14.6 Å². The maximum atomic E-state index is 10.8. The number of phenols is 1. The molecule has 0 unspecified atom stereocenters. The highest BCUT2D eigenvalue weighted by Crippen LogP contribution is 2.30. The summed E-state index contributed by atoms with van der Waals surface area (Å²) in [7, 11) is 1.56. The Morgan fingerprint density at radius 3 is 2.67 bits per heavy atom. The predicted molar refractivity (Wildman–Crippen MR) is 57.6 cm³/mol. The van der Waals surface area contributed by atoms with Gasteiger partial charge >= 0.3 is 0 Å². The summed E-state index contributed by atoms with van der Waals surface area (Å²) in [6.45, 7) is 0. The molecule has 0 bridgehead atoms. The average molecular weight is 202 g/mol. The molecule has 0 heterocycles. The van der Waals surface area contributed by atoms with E-state index in [4.69, 9.17) is 4.74 Å². The van der Waals surface area contributed by atoms with Gasteiger partial charge in [-0.15, -0.1) is 0 Å². The number of benzene rings is 2. The van der Waals surface area contributed by atoms with Crippen LogP contribution in [0.1, 0.15) is 10.4 Å². The van der Waals surface area contributed by atoms with Gasteiger partial charge in [-0.25, -0.2) is 0 Å². The zero-order valence-electron chi connectivity index (χ0n) is 8.23. The van der Waals surface area contributed by atoms with E-state index < -0.39 is 0 Å². The highest BCUT2D eigenvalue weighted by Gasteiger charge is 2.05. The zero-order valence-corrected chi connectivity index (χ0v) is 8.23. The molecule has 3 nitrogen and oxygen atoms in total. The molecule has 0 atom stereocenters. The highest BCUT2D eigenvalue weighted by molar-refractivity contribution is 6.01. The second-order valence-electron chi connectivity index (χ2n) is 3.20. The number of hydrogen-bond donors (Lipinski definition) is 1. The first kappa shape index (κ1) is 9.52. The second-order valence-corrected chi connectivity index (χ2v) is 3.20. The Balaban J connectivity index is 2.81. The summed E-state index contributed by atoms with van der Waals surface area (Å²) in [5, 5.41) is 11.0. The molecular formula is C12H10O3. The Morgan fingerprint density at radius 2 is 2.00 bits per heavy atom. The molecule has 1 N–H and O–H groups in total. The first-order valence-electron chi connectivity index (χ1n) is 4.51. The number of ether oxygens (including phenoxy) is 1. The molecule has 0 aliphatic heterocycles. The van der Waals surface area contributed by atoms with Crippen LogP contribution in [0, 0.1) is 0 Å². The van der Waals surface area contributed by atoms with E-state index in [1.807, 2.05) is 0 Å². The van der Waals surface area contributed by atoms with Gasteiger partial charge in [0.15, 0.2) is 6.29 Å². The van der Waals surface area contributed by atoms with Crippen LogP contribution in [0.5, 0.6) is 11.5 Å². The number of phenolic OH excluding ortho intramolecular Hbond substituents is 1. The Morgan fingerprint density at radius 1 is 1.20 bits per heavy atom. The van der Waals surface area contributed by atoms with Crippen LogP contribution in [0.15, 0.2) is 30.3 Å². The van der Waals surface area contributed by atoms with Crippen LogP contribution in [0.4, 0.5) is 0 Å². The normalized spacial score (nSPS) is 10.2. The number of aldehydes is 1. The van der Waals surface area contributed by atoms with E-state index >= 15 is 0 Å². The van der Waals surface area contributed by atoms with Gasteiger partial charge in [-0.2, -0.15) is 0 Å². The SMILES string of the molecule is COc1ccc2c(C=O)ccc(O)c2c1. The van der Waals surface area contributed by atoms with Crippen LogP contribution < -0.4 is 4.74 Å². The molecule has 76 valence electrons. The summed E-state index contributed by atoms with van der Waals surface area (Å²) in [4.78, 5) is 10.8. The second kappa shape index (κ2) is 3.61. The van der Waals surface area contributed by atoms with Gasteiger partial charge in [-0.3, -0.25) is 4.79 Å². The van der Waals surface area contributed by atoms with E-state index in [9.17, 15) is 9.90 Å². The summed E-state index contributed by atoms with van der Waals surface area (Å²) in [5.41, 5.74) is 0.561. The van der Waals surface area contributed by atoms with Crippen molar-refractivity contribution in [1.29, 1.82) is 0 Å². The van der Waals surface area contributed by atoms with E-state index in [0.29, 0.717) is 16.7 Å². The van der Waals surface area contributed by atoms with Gasteiger partial charge in [0.1, 0.15) is 11.5 Å². The van der Waals surface area contributed by atoms with Crippen LogP contribution in [-0.2, 0) is 0 Å². The molecule has 0 radical (unpaired) electrons. The molecule has 0 saturated heterocycles. The quantitative estimate of drug-likeness (QED) is 0.760. The maximum absolute atomic E-state index is 10.8. The van der Waals surface area contributed by atoms with E-state index in [0.717, 1.165) is 11.7 Å². The van der Waals surface area contributed by atoms with Crippen molar-refractivity contribution in [3.05, 3.63) is 35.9 Å². The number of aromatic hydroxyl groups is 1. The lowest BCUT2D eigenvalue weighted by Gasteiger charge is -2.05. The third kappa shape index (κ3) is 1.52. The third-order valence-corrected chi connectivity index (χ3v) is 2.36. The van der Waals surface area contributed by atoms with Gasteiger partial charge in [-0.1, -0.05) is 0 Å². The fourth-order valence-electron chi connectivity index (χ4n) is 1.57. The smallest absolute Gasteiger partial charge is 0.150 e. The Labute approximate surface area is 86.9 Å². The number of carbonyl (C=O) groups is 1. The summed E-state index contributed by atoms with van der Waals surface area (Å²) in [6.07, 6.45) is 0.772. The zero-order chi connectivity index (χ0) is 10.8. The first-order valence-corrected chi connectivity index (χ1v) is 4.51. The average Bonchev–Trinajstić information content (AvgIpc) is 2.29. The molecule has 0 amide bonds. The van der Waals surface area contributed by atoms with Crippen molar-refractivity contribution in [2.24, 2.45) is 0 Å².